The van der Waals surface area contributed by atoms with Crippen LogP contribution in [0.5, 0.6) is 0 Å². The van der Waals surface area contributed by atoms with Gasteiger partial charge in [0.25, 0.3) is 5.91 Å². The molecule has 134 valence electrons. The molecule has 2 aromatic rings. The molecule has 0 radical (unpaired) electrons. The Bertz CT molecular complexity index is 763. The summed E-state index contributed by atoms with van der Waals surface area (Å²) in [5.74, 6) is 1.71. The lowest BCUT2D eigenvalue weighted by Crippen LogP contribution is -2.49. The van der Waals surface area contributed by atoms with Crippen LogP contribution in [0.1, 0.15) is 27.5 Å². The number of hydrogen-bond acceptors (Lipinski definition) is 6. The van der Waals surface area contributed by atoms with Crippen LogP contribution in [0.25, 0.3) is 10.8 Å². The summed E-state index contributed by atoms with van der Waals surface area (Å²) >= 11 is 1.44. The molecular formula is C18H24N4O2S. The number of nitrogens with one attached hydrogen (secondary N) is 1. The highest BCUT2D eigenvalue weighted by Gasteiger charge is 2.33. The number of aryl methyl sites for hydroxylation is 2. The molecular weight excluding hydrogens is 336 g/mol. The van der Waals surface area contributed by atoms with E-state index in [1.165, 1.54) is 11.3 Å². The molecule has 2 aliphatic heterocycles. The number of carbonyl (C=O) groups is 1. The fourth-order valence-electron chi connectivity index (χ4n) is 3.66. The van der Waals surface area contributed by atoms with E-state index in [0.717, 1.165) is 72.8 Å². The highest BCUT2D eigenvalue weighted by molar-refractivity contribution is 7.17. The fourth-order valence-corrected chi connectivity index (χ4v) is 4.66. The molecule has 2 aromatic heterocycles. The van der Waals surface area contributed by atoms with Gasteiger partial charge in [0.1, 0.15) is 10.6 Å². The summed E-state index contributed by atoms with van der Waals surface area (Å²) in [6, 6.07) is 4.33. The van der Waals surface area contributed by atoms with Crippen molar-refractivity contribution in [2.45, 2.75) is 26.3 Å². The van der Waals surface area contributed by atoms with Crippen LogP contribution in [-0.4, -0.2) is 66.0 Å². The maximum Gasteiger partial charge on any atom is 0.265 e. The summed E-state index contributed by atoms with van der Waals surface area (Å²) in [4.78, 5) is 22.8. The molecule has 7 heteroatoms. The van der Waals surface area contributed by atoms with E-state index in [1.807, 2.05) is 30.9 Å². The van der Waals surface area contributed by atoms with Crippen molar-refractivity contribution in [1.82, 2.24) is 20.1 Å². The standard InChI is InChI=1S/C18H24N4O2S/c1-12-3-4-15(24-12)17-20-13(2)16(25-17)18(23)22-8-5-14(11-22)21-9-6-19-7-10-21/h3-4,14,19H,5-11H2,1-2H3. The van der Waals surface area contributed by atoms with Crippen molar-refractivity contribution < 1.29 is 9.21 Å². The SMILES string of the molecule is Cc1ccc(-c2nc(C)c(C(=O)N3CCC(N4CCNCC4)C3)s2)o1. The Morgan fingerprint density at radius 3 is 2.80 bits per heavy atom. The fraction of sp³-hybridized carbons (Fsp3) is 0.556. The Kier molecular flexibility index (Phi) is 4.62. The van der Waals surface area contributed by atoms with Gasteiger partial charge in [-0.05, 0) is 32.4 Å². The number of carbonyl (C=O) groups excluding carboxylic acids is 1. The third-order valence-electron chi connectivity index (χ3n) is 5.06. The van der Waals surface area contributed by atoms with Gasteiger partial charge in [0, 0.05) is 45.3 Å². The quantitative estimate of drug-likeness (QED) is 0.909. The van der Waals surface area contributed by atoms with Gasteiger partial charge in [0.2, 0.25) is 0 Å². The Labute approximate surface area is 151 Å². The Morgan fingerprint density at radius 2 is 2.08 bits per heavy atom. The van der Waals surface area contributed by atoms with Gasteiger partial charge >= 0.3 is 0 Å². The van der Waals surface area contributed by atoms with E-state index < -0.39 is 0 Å². The first-order chi connectivity index (χ1) is 12.1. The maximum absolute atomic E-state index is 13.0. The Morgan fingerprint density at radius 1 is 1.28 bits per heavy atom. The summed E-state index contributed by atoms with van der Waals surface area (Å²) in [5, 5.41) is 4.17. The van der Waals surface area contributed by atoms with Gasteiger partial charge in [0.15, 0.2) is 10.8 Å². The van der Waals surface area contributed by atoms with Gasteiger partial charge in [-0.25, -0.2) is 4.98 Å². The van der Waals surface area contributed by atoms with Crippen LogP contribution in [-0.2, 0) is 0 Å². The van der Waals surface area contributed by atoms with Gasteiger partial charge in [-0.3, -0.25) is 9.69 Å². The highest BCUT2D eigenvalue weighted by Crippen LogP contribution is 2.31. The average Bonchev–Trinajstić information content (AvgIpc) is 3.34. The molecule has 1 atom stereocenters. The van der Waals surface area contributed by atoms with Crippen LogP contribution in [0.3, 0.4) is 0 Å². The van der Waals surface area contributed by atoms with Crippen molar-refractivity contribution in [3.63, 3.8) is 0 Å². The van der Waals surface area contributed by atoms with E-state index in [0.29, 0.717) is 6.04 Å². The summed E-state index contributed by atoms with van der Waals surface area (Å²) in [7, 11) is 0. The van der Waals surface area contributed by atoms with Crippen LogP contribution in [0, 0.1) is 13.8 Å². The largest absolute Gasteiger partial charge is 0.459 e. The molecule has 1 amide bonds. The zero-order chi connectivity index (χ0) is 17.4. The van der Waals surface area contributed by atoms with Crippen molar-refractivity contribution >= 4 is 17.2 Å². The van der Waals surface area contributed by atoms with Gasteiger partial charge in [0.05, 0.1) is 5.69 Å². The minimum atomic E-state index is 0.113. The number of thiazole rings is 1. The number of likely N-dealkylation sites (tertiary alicyclic amines) is 1. The van der Waals surface area contributed by atoms with E-state index in [-0.39, 0.29) is 5.91 Å². The van der Waals surface area contributed by atoms with Crippen LogP contribution >= 0.6 is 11.3 Å². The first-order valence-corrected chi connectivity index (χ1v) is 9.72. The summed E-state index contributed by atoms with van der Waals surface area (Å²) in [6.45, 7) is 9.73. The molecule has 0 saturated carbocycles. The maximum atomic E-state index is 13.0. The van der Waals surface area contributed by atoms with Crippen LogP contribution in [0.15, 0.2) is 16.5 Å². The third-order valence-corrected chi connectivity index (χ3v) is 6.22. The van der Waals surface area contributed by atoms with Gasteiger partial charge < -0.3 is 14.6 Å². The van der Waals surface area contributed by atoms with Crippen molar-refractivity contribution in [2.75, 3.05) is 39.3 Å². The average molecular weight is 360 g/mol. The van der Waals surface area contributed by atoms with E-state index in [2.05, 4.69) is 15.2 Å². The molecule has 2 aliphatic rings. The Hall–Kier alpha value is -1.70. The van der Waals surface area contributed by atoms with Gasteiger partial charge in [-0.1, -0.05) is 0 Å². The van der Waals surface area contributed by atoms with Gasteiger partial charge in [-0.15, -0.1) is 11.3 Å². The predicted molar refractivity (Wildman–Crippen MR) is 98.0 cm³/mol. The molecule has 2 saturated heterocycles. The van der Waals surface area contributed by atoms with Crippen molar-refractivity contribution in [3.05, 3.63) is 28.5 Å². The van der Waals surface area contributed by atoms with Crippen molar-refractivity contribution in [3.8, 4) is 10.8 Å². The first kappa shape index (κ1) is 16.8. The second-order valence-corrected chi connectivity index (χ2v) is 7.82. The summed E-state index contributed by atoms with van der Waals surface area (Å²) in [6.07, 6.45) is 1.06. The monoisotopic (exact) mass is 360 g/mol. The molecule has 0 aliphatic carbocycles. The lowest BCUT2D eigenvalue weighted by atomic mass is 10.2. The molecule has 6 nitrogen and oxygen atoms in total. The number of rotatable bonds is 3. The number of nitrogens with zero attached hydrogens (tertiary/aromatic N) is 3. The molecule has 4 heterocycles. The second kappa shape index (κ2) is 6.90. The normalized spacial score (nSPS) is 21.8. The number of hydrogen-bond donors (Lipinski definition) is 1. The molecule has 0 bridgehead atoms. The van der Waals surface area contributed by atoms with Crippen molar-refractivity contribution in [1.29, 1.82) is 0 Å². The number of aromatic nitrogens is 1. The Balaban J connectivity index is 1.47. The number of piperazine rings is 1. The lowest BCUT2D eigenvalue weighted by Gasteiger charge is -2.32. The summed E-state index contributed by atoms with van der Waals surface area (Å²) < 4.78 is 5.65. The van der Waals surface area contributed by atoms with Crippen molar-refractivity contribution in [2.24, 2.45) is 0 Å². The zero-order valence-electron chi connectivity index (χ0n) is 14.7. The minimum absolute atomic E-state index is 0.113. The van der Waals surface area contributed by atoms with E-state index in [1.54, 1.807) is 0 Å². The molecule has 1 N–H and O–H groups in total. The molecule has 4 rings (SSSR count). The first-order valence-electron chi connectivity index (χ1n) is 8.90. The number of amides is 1. The van der Waals surface area contributed by atoms with Crippen LogP contribution in [0.4, 0.5) is 0 Å². The minimum Gasteiger partial charge on any atom is -0.459 e. The predicted octanol–water partition coefficient (Wildman–Crippen LogP) is 2.14. The second-order valence-electron chi connectivity index (χ2n) is 6.82. The smallest absolute Gasteiger partial charge is 0.265 e. The molecule has 0 spiro atoms. The van der Waals surface area contributed by atoms with E-state index in [9.17, 15) is 4.79 Å². The lowest BCUT2D eigenvalue weighted by molar-refractivity contribution is 0.0777. The summed E-state index contributed by atoms with van der Waals surface area (Å²) in [5.41, 5.74) is 0.796. The molecule has 1 unspecified atom stereocenters. The van der Waals surface area contributed by atoms with E-state index in [4.69, 9.17) is 4.42 Å². The van der Waals surface area contributed by atoms with E-state index >= 15 is 0 Å². The van der Waals surface area contributed by atoms with Crippen LogP contribution in [0.2, 0.25) is 0 Å². The molecule has 25 heavy (non-hydrogen) atoms. The van der Waals surface area contributed by atoms with Crippen LogP contribution < -0.4 is 5.32 Å². The topological polar surface area (TPSA) is 61.6 Å². The molecule has 0 aromatic carbocycles. The highest BCUT2D eigenvalue weighted by atomic mass is 32.1. The zero-order valence-corrected chi connectivity index (χ0v) is 15.6. The molecule has 2 fully saturated rings. The van der Waals surface area contributed by atoms with Gasteiger partial charge in [-0.2, -0.15) is 0 Å². The third kappa shape index (κ3) is 3.36. The number of furan rings is 1.